The number of nitrogens with one attached hydrogen (secondary N) is 3. The van der Waals surface area contributed by atoms with Crippen LogP contribution in [0.3, 0.4) is 0 Å². The second kappa shape index (κ2) is 13.0. The van der Waals surface area contributed by atoms with Crippen molar-refractivity contribution in [1.82, 2.24) is 14.7 Å². The van der Waals surface area contributed by atoms with E-state index in [-0.39, 0.29) is 28.4 Å². The number of carbonyl (C=O) groups is 2. The number of benzene rings is 3. The molecule has 0 aliphatic heterocycles. The number of hydrogen-bond donors (Lipinski definition) is 4. The number of hydrogen-bond acceptors (Lipinski definition) is 9. The van der Waals surface area contributed by atoms with Crippen LogP contribution in [0.5, 0.6) is 0 Å². The van der Waals surface area contributed by atoms with Crippen molar-refractivity contribution in [3.63, 3.8) is 0 Å². The highest BCUT2D eigenvalue weighted by Gasteiger charge is 2.25. The molecule has 0 fully saturated rings. The molecule has 0 radical (unpaired) electrons. The summed E-state index contributed by atoms with van der Waals surface area (Å²) in [5.74, 6) is -1.32. The number of nitrogens with two attached hydrogens (primary N) is 1. The van der Waals surface area contributed by atoms with Crippen molar-refractivity contribution in [1.29, 1.82) is 0 Å². The number of aromatic amines is 1. The Morgan fingerprint density at radius 2 is 1.86 bits per heavy atom. The van der Waals surface area contributed by atoms with Gasteiger partial charge in [0.05, 0.1) is 21.2 Å². The zero-order valence-corrected chi connectivity index (χ0v) is 24.8. The number of oxime groups is 1. The highest BCUT2D eigenvalue weighted by molar-refractivity contribution is 7.89. The number of thiazole rings is 1. The van der Waals surface area contributed by atoms with E-state index in [9.17, 15) is 22.8 Å². The Morgan fingerprint density at radius 3 is 2.64 bits per heavy atom. The second-order valence-electron chi connectivity index (χ2n) is 9.56. The van der Waals surface area contributed by atoms with E-state index in [1.807, 2.05) is 24.3 Å². The third-order valence-electron chi connectivity index (χ3n) is 6.31. The van der Waals surface area contributed by atoms with E-state index in [1.54, 1.807) is 24.3 Å². The summed E-state index contributed by atoms with van der Waals surface area (Å²) in [7, 11) is -4.15. The molecule has 224 valence electrons. The van der Waals surface area contributed by atoms with Gasteiger partial charge in [0.15, 0.2) is 11.3 Å². The van der Waals surface area contributed by atoms with E-state index in [1.165, 1.54) is 61.0 Å². The van der Waals surface area contributed by atoms with E-state index in [4.69, 9.17) is 5.73 Å². The molecule has 0 saturated heterocycles. The quantitative estimate of drug-likeness (QED) is 0.0779. The fourth-order valence-electron chi connectivity index (χ4n) is 4.27. The number of amides is 1. The van der Waals surface area contributed by atoms with Gasteiger partial charge in [0, 0.05) is 36.6 Å². The monoisotopic (exact) mass is 630 g/mol. The second-order valence-corrected chi connectivity index (χ2v) is 12.3. The van der Waals surface area contributed by atoms with Crippen LogP contribution in [0.25, 0.3) is 10.2 Å². The number of aromatic nitrogens is 2. The fourth-order valence-corrected chi connectivity index (χ4v) is 6.61. The summed E-state index contributed by atoms with van der Waals surface area (Å²) in [6.45, 7) is 1.20. The molecular weight excluding hydrogens is 605 g/mol. The molecule has 0 spiro atoms. The zero-order valence-electron chi connectivity index (χ0n) is 23.2. The molecule has 5 aromatic rings. The highest BCUT2D eigenvalue weighted by Crippen LogP contribution is 2.30. The number of anilines is 1. The standard InChI is InChI=1S/C30H26N6O6S2/c1-18(37)42-35-28(31)20-7-4-6-19(14-20)15-25(30-34-24-10-2-3-11-27(24)43-30)36-44(40,41)22-9-5-8-21(16-22)33-29(39)23-17-32-13-12-26(23)38/h2-14,16-17,25,36H,15H2,1H3,(H2,31,35)(H,32,38)(H,33,39). The molecule has 1 amide bonds. The van der Waals surface area contributed by atoms with Crippen molar-refractivity contribution in [2.24, 2.45) is 10.9 Å². The summed E-state index contributed by atoms with van der Waals surface area (Å²) in [6.07, 6.45) is 2.87. The largest absolute Gasteiger partial charge is 0.380 e. The number of carbonyl (C=O) groups excluding carboxylic acids is 2. The molecule has 2 heterocycles. The van der Waals surface area contributed by atoms with Gasteiger partial charge in [-0.25, -0.2) is 22.9 Å². The van der Waals surface area contributed by atoms with Gasteiger partial charge in [-0.2, -0.15) is 0 Å². The Morgan fingerprint density at radius 1 is 1.07 bits per heavy atom. The molecule has 14 heteroatoms. The number of H-pyrrole nitrogens is 1. The molecule has 0 bridgehead atoms. The van der Waals surface area contributed by atoms with Gasteiger partial charge in [-0.15, -0.1) is 11.3 Å². The zero-order chi connectivity index (χ0) is 31.3. The van der Waals surface area contributed by atoms with Crippen LogP contribution in [0, 0.1) is 0 Å². The predicted molar refractivity (Wildman–Crippen MR) is 167 cm³/mol. The summed E-state index contributed by atoms with van der Waals surface area (Å²) in [6, 6.07) is 20.6. The summed E-state index contributed by atoms with van der Waals surface area (Å²) in [5.41, 5.74) is 7.49. The predicted octanol–water partition coefficient (Wildman–Crippen LogP) is 3.68. The number of sulfonamides is 1. The van der Waals surface area contributed by atoms with Gasteiger partial charge >= 0.3 is 5.97 Å². The van der Waals surface area contributed by atoms with Crippen LogP contribution in [0.15, 0.2) is 106 Å². The van der Waals surface area contributed by atoms with E-state index >= 15 is 0 Å². The molecule has 2 aromatic heterocycles. The van der Waals surface area contributed by atoms with Crippen LogP contribution >= 0.6 is 11.3 Å². The Kier molecular flexibility index (Phi) is 8.94. The van der Waals surface area contributed by atoms with E-state index in [0.29, 0.717) is 16.1 Å². The van der Waals surface area contributed by atoms with Crippen LogP contribution in [-0.4, -0.2) is 36.1 Å². The van der Waals surface area contributed by atoms with Gasteiger partial charge in [-0.05, 0) is 48.4 Å². The Labute approximate surface area is 255 Å². The smallest absolute Gasteiger partial charge is 0.332 e. The third kappa shape index (κ3) is 7.23. The number of amidine groups is 1. The first-order chi connectivity index (χ1) is 21.1. The topological polar surface area (TPSA) is 186 Å². The molecule has 0 aliphatic carbocycles. The lowest BCUT2D eigenvalue weighted by Gasteiger charge is -2.18. The average Bonchev–Trinajstić information content (AvgIpc) is 3.44. The number of fused-ring (bicyclic) bond motifs is 1. The first kappa shape index (κ1) is 30.3. The maximum absolute atomic E-state index is 13.7. The minimum Gasteiger partial charge on any atom is -0.380 e. The lowest BCUT2D eigenvalue weighted by molar-refractivity contribution is -0.140. The van der Waals surface area contributed by atoms with E-state index < -0.39 is 33.4 Å². The van der Waals surface area contributed by atoms with Gasteiger partial charge in [0.1, 0.15) is 10.6 Å². The molecule has 12 nitrogen and oxygen atoms in total. The normalized spacial score (nSPS) is 12.5. The van der Waals surface area contributed by atoms with Crippen molar-refractivity contribution >= 4 is 55.0 Å². The Hall–Kier alpha value is -5.18. The number of para-hydroxylation sites is 1. The molecule has 1 atom stereocenters. The number of pyridine rings is 1. The van der Waals surface area contributed by atoms with Crippen LogP contribution < -0.4 is 21.2 Å². The van der Waals surface area contributed by atoms with Crippen LogP contribution in [-0.2, 0) is 26.1 Å². The van der Waals surface area contributed by atoms with Gasteiger partial charge in [-0.3, -0.25) is 9.59 Å². The molecule has 3 aromatic carbocycles. The fraction of sp³-hybridized carbons (Fsp3) is 0.100. The average molecular weight is 631 g/mol. The van der Waals surface area contributed by atoms with E-state index in [0.717, 1.165) is 10.2 Å². The van der Waals surface area contributed by atoms with Crippen LogP contribution in [0.1, 0.15) is 39.5 Å². The molecular formula is C30H26N6O6S2. The lowest BCUT2D eigenvalue weighted by Crippen LogP contribution is -2.30. The van der Waals surface area contributed by atoms with Crippen molar-refractivity contribution in [2.45, 2.75) is 24.3 Å². The Balaban J connectivity index is 1.44. The third-order valence-corrected chi connectivity index (χ3v) is 8.93. The molecule has 0 aliphatic rings. The van der Waals surface area contributed by atoms with Gasteiger partial charge in [-0.1, -0.05) is 41.6 Å². The number of rotatable bonds is 10. The highest BCUT2D eigenvalue weighted by atomic mass is 32.2. The van der Waals surface area contributed by atoms with Crippen molar-refractivity contribution in [3.05, 3.63) is 123 Å². The van der Waals surface area contributed by atoms with Gasteiger partial charge in [0.2, 0.25) is 10.0 Å². The summed E-state index contributed by atoms with van der Waals surface area (Å²) < 4.78 is 31.1. The number of nitrogens with zero attached hydrogens (tertiary/aromatic N) is 2. The van der Waals surface area contributed by atoms with Gasteiger partial charge in [0.25, 0.3) is 5.91 Å². The van der Waals surface area contributed by atoms with Crippen LogP contribution in [0.4, 0.5) is 5.69 Å². The first-order valence-electron chi connectivity index (χ1n) is 13.2. The molecule has 44 heavy (non-hydrogen) atoms. The molecule has 5 N–H and O–H groups in total. The van der Waals surface area contributed by atoms with Crippen molar-refractivity contribution < 1.29 is 22.8 Å². The summed E-state index contributed by atoms with van der Waals surface area (Å²) in [5, 5.41) is 6.74. The maximum atomic E-state index is 13.7. The summed E-state index contributed by atoms with van der Waals surface area (Å²) in [4.78, 5) is 47.7. The van der Waals surface area contributed by atoms with Crippen molar-refractivity contribution in [2.75, 3.05) is 5.32 Å². The van der Waals surface area contributed by atoms with Crippen LogP contribution in [0.2, 0.25) is 0 Å². The minimum absolute atomic E-state index is 0.0180. The van der Waals surface area contributed by atoms with Gasteiger partial charge < -0.3 is 20.9 Å². The molecule has 1 unspecified atom stereocenters. The molecule has 5 rings (SSSR count). The SMILES string of the molecule is CC(=O)ON=C(N)c1cccc(CC(NS(=O)(=O)c2cccc(NC(=O)c3c[nH]ccc3=O)c2)c2nc3ccccc3s2)c1. The lowest BCUT2D eigenvalue weighted by atomic mass is 10.0. The maximum Gasteiger partial charge on any atom is 0.332 e. The van der Waals surface area contributed by atoms with E-state index in [2.05, 4.69) is 30.0 Å². The Bertz CT molecular complexity index is 2020. The van der Waals surface area contributed by atoms with Crippen molar-refractivity contribution in [3.8, 4) is 0 Å². The summed E-state index contributed by atoms with van der Waals surface area (Å²) >= 11 is 1.36. The minimum atomic E-state index is -4.15. The first-order valence-corrected chi connectivity index (χ1v) is 15.5. The molecule has 0 saturated carbocycles.